The minimum absolute atomic E-state index is 0.0373. The van der Waals surface area contributed by atoms with E-state index in [1.807, 2.05) is 0 Å². The van der Waals surface area contributed by atoms with Crippen LogP contribution in [-0.4, -0.2) is 69.8 Å². The lowest BCUT2D eigenvalue weighted by atomic mass is 9.92. The fraction of sp³-hybridized carbons (Fsp3) is 0.360. The van der Waals surface area contributed by atoms with Crippen molar-refractivity contribution in [2.24, 2.45) is 0 Å². The molecule has 4 heterocycles. The van der Waals surface area contributed by atoms with E-state index in [1.54, 1.807) is 0 Å². The van der Waals surface area contributed by atoms with Crippen LogP contribution in [0.1, 0.15) is 35.1 Å². The number of pyridine rings is 1. The number of rotatable bonds is 5. The first-order valence-corrected chi connectivity index (χ1v) is 12.5. The maximum Gasteiger partial charge on any atom is 0.435 e. The summed E-state index contributed by atoms with van der Waals surface area (Å²) in [7, 11) is 0. The molecule has 1 aromatic carbocycles. The highest BCUT2D eigenvalue weighted by molar-refractivity contribution is 6.30. The molecule has 0 radical (unpaired) electrons. The third-order valence-electron chi connectivity index (χ3n) is 6.64. The smallest absolute Gasteiger partial charge is 0.394 e. The third-order valence-corrected chi connectivity index (χ3v) is 6.93. The molecule has 218 valence electrons. The molecular weight excluding hydrogens is 579 g/mol. The van der Waals surface area contributed by atoms with Crippen LogP contribution in [0.15, 0.2) is 36.8 Å². The van der Waals surface area contributed by atoms with Gasteiger partial charge in [0, 0.05) is 23.5 Å². The lowest BCUT2D eigenvalue weighted by Crippen LogP contribution is -2.53. The standard InChI is InChI=1S/C25H22ClF5N6O4/c1-10-5-15(23(32-6-10)25(29,30)31)37-24(34-11(2)35-37)22-21(40)19(20(39)16(9-38)41-22)36-8-12(7-33-36)13-3-4-14(26)18(28)17(13)27/h3-8,16,19-22,38-40H,9H2,1-2H3/t16-,19+,20+,21-,22-/m1/s1. The normalized spacial score (nSPS) is 23.2. The summed E-state index contributed by atoms with van der Waals surface area (Å²) >= 11 is 5.63. The zero-order valence-corrected chi connectivity index (χ0v) is 22.0. The number of aromatic nitrogens is 6. The molecule has 4 aromatic rings. The molecule has 0 bridgehead atoms. The van der Waals surface area contributed by atoms with Crippen LogP contribution in [-0.2, 0) is 10.9 Å². The summed E-state index contributed by atoms with van der Waals surface area (Å²) < 4.78 is 77.8. The Kier molecular flexibility index (Phi) is 7.59. The van der Waals surface area contributed by atoms with Crippen molar-refractivity contribution in [1.82, 2.24) is 29.5 Å². The van der Waals surface area contributed by atoms with Crippen LogP contribution in [0.25, 0.3) is 16.8 Å². The van der Waals surface area contributed by atoms with Gasteiger partial charge in [-0.25, -0.2) is 23.4 Å². The van der Waals surface area contributed by atoms with E-state index in [0.717, 1.165) is 27.8 Å². The minimum Gasteiger partial charge on any atom is -0.394 e. The van der Waals surface area contributed by atoms with Crippen LogP contribution in [0.3, 0.4) is 0 Å². The number of alkyl halides is 3. The van der Waals surface area contributed by atoms with Gasteiger partial charge in [0.05, 0.1) is 23.5 Å². The van der Waals surface area contributed by atoms with Gasteiger partial charge >= 0.3 is 6.18 Å². The van der Waals surface area contributed by atoms with Crippen molar-refractivity contribution in [3.05, 3.63) is 76.4 Å². The van der Waals surface area contributed by atoms with Gasteiger partial charge in [0.2, 0.25) is 0 Å². The molecule has 3 aromatic heterocycles. The molecule has 0 amide bonds. The number of ether oxygens (including phenoxy) is 1. The molecule has 0 spiro atoms. The molecule has 41 heavy (non-hydrogen) atoms. The topological polar surface area (TPSA) is 131 Å². The van der Waals surface area contributed by atoms with Gasteiger partial charge < -0.3 is 20.1 Å². The summed E-state index contributed by atoms with van der Waals surface area (Å²) in [6, 6.07) is 2.19. The monoisotopic (exact) mass is 600 g/mol. The van der Waals surface area contributed by atoms with Crippen LogP contribution in [0, 0.1) is 25.5 Å². The average molecular weight is 601 g/mol. The third kappa shape index (κ3) is 5.19. The zero-order valence-electron chi connectivity index (χ0n) is 21.3. The fourth-order valence-corrected chi connectivity index (χ4v) is 4.89. The van der Waals surface area contributed by atoms with Gasteiger partial charge in [-0.1, -0.05) is 11.6 Å². The number of hydrogen-bond donors (Lipinski definition) is 3. The predicted octanol–water partition coefficient (Wildman–Crippen LogP) is 3.49. The van der Waals surface area contributed by atoms with Crippen molar-refractivity contribution in [1.29, 1.82) is 0 Å². The van der Waals surface area contributed by atoms with E-state index in [9.17, 15) is 37.3 Å². The van der Waals surface area contributed by atoms with Crippen LogP contribution in [0.2, 0.25) is 5.02 Å². The van der Waals surface area contributed by atoms with E-state index in [-0.39, 0.29) is 22.8 Å². The van der Waals surface area contributed by atoms with Gasteiger partial charge in [0.25, 0.3) is 0 Å². The second kappa shape index (κ2) is 10.7. The van der Waals surface area contributed by atoms with Gasteiger partial charge in [-0.3, -0.25) is 4.68 Å². The van der Waals surface area contributed by atoms with Gasteiger partial charge in [-0.05, 0) is 37.6 Å². The molecule has 1 aliphatic heterocycles. The molecule has 10 nitrogen and oxygen atoms in total. The predicted molar refractivity (Wildman–Crippen MR) is 132 cm³/mol. The Labute approximate surface area is 233 Å². The first kappa shape index (κ1) is 29.0. The highest BCUT2D eigenvalue weighted by Crippen LogP contribution is 2.40. The summed E-state index contributed by atoms with van der Waals surface area (Å²) in [5.41, 5.74) is -1.49. The second-order valence-corrected chi connectivity index (χ2v) is 9.90. The molecule has 16 heteroatoms. The molecule has 1 fully saturated rings. The molecular formula is C25H22ClF5N6O4. The maximum absolute atomic E-state index is 14.6. The van der Waals surface area contributed by atoms with Crippen LogP contribution >= 0.6 is 11.6 Å². The zero-order chi connectivity index (χ0) is 29.8. The molecule has 1 aliphatic rings. The van der Waals surface area contributed by atoms with E-state index in [2.05, 4.69) is 20.2 Å². The van der Waals surface area contributed by atoms with Gasteiger partial charge in [-0.2, -0.15) is 23.4 Å². The number of aliphatic hydroxyl groups is 3. The number of benzene rings is 1. The molecule has 1 saturated heterocycles. The van der Waals surface area contributed by atoms with E-state index in [4.69, 9.17) is 16.3 Å². The van der Waals surface area contributed by atoms with Crippen molar-refractivity contribution in [3.8, 4) is 16.8 Å². The number of hydrogen-bond acceptors (Lipinski definition) is 8. The van der Waals surface area contributed by atoms with E-state index in [1.165, 1.54) is 32.2 Å². The number of aryl methyl sites for hydroxylation is 2. The highest BCUT2D eigenvalue weighted by Gasteiger charge is 2.49. The van der Waals surface area contributed by atoms with Crippen LogP contribution < -0.4 is 0 Å². The molecule has 0 saturated carbocycles. The van der Waals surface area contributed by atoms with E-state index in [0.29, 0.717) is 5.56 Å². The van der Waals surface area contributed by atoms with Crippen LogP contribution in [0.4, 0.5) is 22.0 Å². The summed E-state index contributed by atoms with van der Waals surface area (Å²) in [5, 5.41) is 40.0. The Balaban J connectivity index is 1.59. The lowest BCUT2D eigenvalue weighted by Gasteiger charge is -2.41. The highest BCUT2D eigenvalue weighted by atomic mass is 35.5. The first-order valence-electron chi connectivity index (χ1n) is 12.1. The molecule has 5 rings (SSSR count). The van der Waals surface area contributed by atoms with Crippen molar-refractivity contribution >= 4 is 11.6 Å². The Hall–Kier alpha value is -3.50. The largest absolute Gasteiger partial charge is 0.435 e. The number of nitrogens with zero attached hydrogens (tertiary/aromatic N) is 6. The van der Waals surface area contributed by atoms with Crippen molar-refractivity contribution in [2.45, 2.75) is 50.5 Å². The summed E-state index contributed by atoms with van der Waals surface area (Å²) in [6.45, 7) is 2.20. The SMILES string of the molecule is Cc1cnc(C(F)(F)F)c(-n2nc(C)nc2[C@@H]2O[C@H](CO)[C@H](O)[C@H](n3cc(-c4ccc(Cl)c(F)c4F)cn3)[C@H]2O)c1. The van der Waals surface area contributed by atoms with Crippen molar-refractivity contribution in [2.75, 3.05) is 6.61 Å². The molecule has 0 aliphatic carbocycles. The minimum atomic E-state index is -4.86. The van der Waals surface area contributed by atoms with Crippen LogP contribution in [0.5, 0.6) is 0 Å². The average Bonchev–Trinajstić information content (AvgIpc) is 3.54. The van der Waals surface area contributed by atoms with Gasteiger partial charge in [0.1, 0.15) is 36.3 Å². The Morgan fingerprint density at radius 3 is 2.49 bits per heavy atom. The molecule has 5 atom stereocenters. The Bertz CT molecular complexity index is 1600. The van der Waals surface area contributed by atoms with E-state index >= 15 is 0 Å². The van der Waals surface area contributed by atoms with Crippen molar-refractivity contribution < 1.29 is 42.0 Å². The first-order chi connectivity index (χ1) is 19.3. The molecule has 0 unspecified atom stereocenters. The quantitative estimate of drug-likeness (QED) is 0.234. The fourth-order valence-electron chi connectivity index (χ4n) is 4.74. The summed E-state index contributed by atoms with van der Waals surface area (Å²) in [4.78, 5) is 7.71. The summed E-state index contributed by atoms with van der Waals surface area (Å²) in [5.74, 6) is -2.74. The van der Waals surface area contributed by atoms with Crippen molar-refractivity contribution in [3.63, 3.8) is 0 Å². The van der Waals surface area contributed by atoms with Gasteiger partial charge in [0.15, 0.2) is 23.2 Å². The Morgan fingerprint density at radius 1 is 1.07 bits per heavy atom. The number of halogens is 6. The summed E-state index contributed by atoms with van der Waals surface area (Å²) in [6.07, 6.45) is -7.63. The Morgan fingerprint density at radius 2 is 1.80 bits per heavy atom. The number of aliphatic hydroxyl groups excluding tert-OH is 3. The second-order valence-electron chi connectivity index (χ2n) is 9.49. The van der Waals surface area contributed by atoms with E-state index < -0.39 is 71.3 Å². The van der Waals surface area contributed by atoms with Gasteiger partial charge in [-0.15, -0.1) is 0 Å². The molecule has 3 N–H and O–H groups in total. The maximum atomic E-state index is 14.6. The lowest BCUT2D eigenvalue weighted by molar-refractivity contribution is -0.210.